The molecule has 0 amide bonds. The van der Waals surface area contributed by atoms with Crippen molar-refractivity contribution in [3.8, 4) is 0 Å². The van der Waals surface area contributed by atoms with Gasteiger partial charge in [-0.3, -0.25) is 23.2 Å². The number of unbranched alkanes of at least 4 members (excludes halogenated alkanes) is 18. The van der Waals surface area contributed by atoms with E-state index in [-0.39, 0.29) is 12.8 Å². The van der Waals surface area contributed by atoms with Crippen LogP contribution >= 0.6 is 15.6 Å². The molecule has 0 rings (SSSR count). The number of allylic oxidation sites excluding steroid dienone is 4. The molecule has 0 bridgehead atoms. The van der Waals surface area contributed by atoms with Crippen LogP contribution in [0.3, 0.4) is 0 Å². The smallest absolute Gasteiger partial charge is 0.462 e. The van der Waals surface area contributed by atoms with Crippen molar-refractivity contribution < 1.29 is 66.7 Å². The van der Waals surface area contributed by atoms with Gasteiger partial charge in [0.15, 0.2) is 6.10 Å². The van der Waals surface area contributed by atoms with Crippen molar-refractivity contribution in [3.05, 3.63) is 36.5 Å². The first-order chi connectivity index (χ1) is 29.2. The highest BCUT2D eigenvalue weighted by molar-refractivity contribution is 7.47. The molecule has 0 saturated heterocycles. The Hall–Kier alpha value is -1.70. The van der Waals surface area contributed by atoms with E-state index in [0.29, 0.717) is 19.3 Å². The molecule has 14 nitrogen and oxygen atoms in total. The molecular formula is C45H84O14P2. The Morgan fingerprint density at radius 2 is 1.10 bits per heavy atom. The van der Waals surface area contributed by atoms with Crippen molar-refractivity contribution in [2.45, 2.75) is 206 Å². The third-order valence-corrected chi connectivity index (χ3v) is 11.6. The Balaban J connectivity index is 4.52. The predicted octanol–water partition coefficient (Wildman–Crippen LogP) is 10.9. The minimum atomic E-state index is -4.87. The number of phosphoric acid groups is 2. The Morgan fingerprint density at radius 3 is 1.66 bits per heavy atom. The number of carbonyl (C=O) groups is 2. The van der Waals surface area contributed by atoms with Gasteiger partial charge in [0.2, 0.25) is 0 Å². The highest BCUT2D eigenvalue weighted by atomic mass is 31.2. The number of phosphoric ester groups is 2. The van der Waals surface area contributed by atoms with Crippen molar-refractivity contribution in [1.82, 2.24) is 0 Å². The van der Waals surface area contributed by atoms with Crippen molar-refractivity contribution in [2.75, 3.05) is 26.4 Å². The Bertz CT molecular complexity index is 1250. The molecular weight excluding hydrogens is 826 g/mol. The molecule has 3 unspecified atom stereocenters. The monoisotopic (exact) mass is 911 g/mol. The summed E-state index contributed by atoms with van der Waals surface area (Å²) in [5.74, 6) is -0.225. The highest BCUT2D eigenvalue weighted by Gasteiger charge is 2.28. The fourth-order valence-electron chi connectivity index (χ4n) is 6.24. The van der Waals surface area contributed by atoms with Gasteiger partial charge in [-0.25, -0.2) is 9.13 Å². The van der Waals surface area contributed by atoms with Gasteiger partial charge in [0.05, 0.1) is 25.9 Å². The van der Waals surface area contributed by atoms with Gasteiger partial charge in [0, 0.05) is 12.8 Å². The van der Waals surface area contributed by atoms with Gasteiger partial charge in [-0.05, 0) is 44.4 Å². The Morgan fingerprint density at radius 1 is 0.590 bits per heavy atom. The summed E-state index contributed by atoms with van der Waals surface area (Å²) < 4.78 is 47.8. The number of esters is 2. The van der Waals surface area contributed by atoms with Crippen LogP contribution in [0.1, 0.15) is 188 Å². The van der Waals surface area contributed by atoms with Crippen LogP contribution in [0.25, 0.3) is 0 Å². The van der Waals surface area contributed by atoms with E-state index in [1.165, 1.54) is 77.0 Å². The van der Waals surface area contributed by atoms with Gasteiger partial charge < -0.3 is 34.4 Å². The number of aliphatic hydroxyl groups is 2. The van der Waals surface area contributed by atoms with Crippen molar-refractivity contribution in [2.24, 2.45) is 5.92 Å². The SMILES string of the molecule is CC/C=C/CC(O)/C=C/C=C/CCCCCCCC(=O)OC[C@H](COP(=O)(O)OC[C@@H](O)COP(=O)(O)O)OC(=O)CCCCCCCCCCCCCCCCC(C)CC. The van der Waals surface area contributed by atoms with Crippen molar-refractivity contribution in [1.29, 1.82) is 0 Å². The topological polar surface area (TPSA) is 216 Å². The van der Waals surface area contributed by atoms with E-state index in [0.717, 1.165) is 63.7 Å². The van der Waals surface area contributed by atoms with Gasteiger partial charge in [-0.1, -0.05) is 173 Å². The van der Waals surface area contributed by atoms with Crippen molar-refractivity contribution in [3.63, 3.8) is 0 Å². The zero-order chi connectivity index (χ0) is 45.5. The summed E-state index contributed by atoms with van der Waals surface area (Å²) in [5, 5.41) is 19.6. The van der Waals surface area contributed by atoms with Gasteiger partial charge in [0.25, 0.3) is 0 Å². The second-order valence-electron chi connectivity index (χ2n) is 16.1. The Kier molecular flexibility index (Phi) is 38.7. The number of carbonyl (C=O) groups excluding carboxylic acids is 2. The number of aliphatic hydroxyl groups excluding tert-OH is 2. The van der Waals surface area contributed by atoms with Crippen molar-refractivity contribution >= 4 is 27.6 Å². The van der Waals surface area contributed by atoms with Crippen LogP contribution in [0.15, 0.2) is 36.5 Å². The Labute approximate surface area is 368 Å². The second-order valence-corrected chi connectivity index (χ2v) is 18.8. The average molecular weight is 911 g/mol. The minimum Gasteiger partial charge on any atom is -0.462 e. The van der Waals surface area contributed by atoms with E-state index in [4.69, 9.17) is 23.8 Å². The normalized spacial score (nSPS) is 15.3. The second kappa shape index (κ2) is 39.9. The lowest BCUT2D eigenvalue weighted by Crippen LogP contribution is -2.30. The molecule has 5 N–H and O–H groups in total. The maximum Gasteiger partial charge on any atom is 0.472 e. The molecule has 0 heterocycles. The molecule has 0 fully saturated rings. The quantitative estimate of drug-likeness (QED) is 0.0127. The maximum absolute atomic E-state index is 12.7. The molecule has 0 aliphatic carbocycles. The number of ether oxygens (including phenoxy) is 2. The van der Waals surface area contributed by atoms with E-state index in [2.05, 4.69) is 35.9 Å². The molecule has 358 valence electrons. The van der Waals surface area contributed by atoms with E-state index < -0.39 is 72.3 Å². The van der Waals surface area contributed by atoms with Gasteiger partial charge in [0.1, 0.15) is 12.7 Å². The lowest BCUT2D eigenvalue weighted by atomic mass is 9.99. The van der Waals surface area contributed by atoms with Crippen LogP contribution in [0.4, 0.5) is 0 Å². The first-order valence-electron chi connectivity index (χ1n) is 23.2. The predicted molar refractivity (Wildman–Crippen MR) is 241 cm³/mol. The summed E-state index contributed by atoms with van der Waals surface area (Å²) in [7, 11) is -9.69. The van der Waals surface area contributed by atoms with Gasteiger partial charge in [-0.15, -0.1) is 0 Å². The fraction of sp³-hybridized carbons (Fsp3) is 0.822. The molecule has 16 heteroatoms. The van der Waals surface area contributed by atoms with E-state index in [9.17, 15) is 33.8 Å². The zero-order valence-electron chi connectivity index (χ0n) is 37.8. The summed E-state index contributed by atoms with van der Waals surface area (Å²) in [4.78, 5) is 52.8. The van der Waals surface area contributed by atoms with Crippen LogP contribution in [0, 0.1) is 5.92 Å². The zero-order valence-corrected chi connectivity index (χ0v) is 39.6. The number of hydrogen-bond acceptors (Lipinski definition) is 11. The largest absolute Gasteiger partial charge is 0.472 e. The molecule has 5 atom stereocenters. The van der Waals surface area contributed by atoms with E-state index in [1.807, 2.05) is 24.3 Å². The standard InChI is InChI=1S/C45H84O14P2/c1-4-6-26-32-41(46)33-28-23-19-15-13-17-20-24-29-34-44(48)55-38-43(39-58-61(53,54)57-37-42(47)36-56-60(50,51)52)59-45(49)35-30-25-21-16-12-10-8-7-9-11-14-18-22-27-31-40(3)5-2/h6,19,23,26,28,33,40-43,46-47H,4-5,7-18,20-22,24-25,27,29-32,34-39H2,1-3H3,(H,53,54)(H2,50,51,52)/b23-19+,26-6+,33-28+/t40?,41?,42-,43+/m0/s1. The molecule has 0 aliphatic heterocycles. The van der Waals surface area contributed by atoms with Crippen LogP contribution in [-0.4, -0.2) is 81.6 Å². The third kappa shape index (κ3) is 43.3. The molecule has 0 aromatic carbocycles. The van der Waals surface area contributed by atoms with Crippen LogP contribution in [0.5, 0.6) is 0 Å². The summed E-state index contributed by atoms with van der Waals surface area (Å²) in [6.45, 7) is 3.89. The van der Waals surface area contributed by atoms with Crippen LogP contribution in [-0.2, 0) is 41.8 Å². The summed E-state index contributed by atoms with van der Waals surface area (Å²) in [5.41, 5.74) is 0. The first-order valence-corrected chi connectivity index (χ1v) is 26.2. The number of hydrogen-bond donors (Lipinski definition) is 5. The summed E-state index contributed by atoms with van der Waals surface area (Å²) in [6.07, 6.45) is 34.6. The van der Waals surface area contributed by atoms with E-state index >= 15 is 0 Å². The van der Waals surface area contributed by atoms with Gasteiger partial charge >= 0.3 is 27.6 Å². The first kappa shape index (κ1) is 59.3. The molecule has 0 aromatic rings. The summed E-state index contributed by atoms with van der Waals surface area (Å²) in [6, 6.07) is 0. The molecule has 0 radical (unpaired) electrons. The van der Waals surface area contributed by atoms with Crippen LogP contribution < -0.4 is 0 Å². The average Bonchev–Trinajstić information content (AvgIpc) is 3.21. The highest BCUT2D eigenvalue weighted by Crippen LogP contribution is 2.43. The molecule has 0 aliphatic rings. The summed E-state index contributed by atoms with van der Waals surface area (Å²) >= 11 is 0. The van der Waals surface area contributed by atoms with E-state index in [1.54, 1.807) is 6.08 Å². The molecule has 0 saturated carbocycles. The molecule has 0 aromatic heterocycles. The lowest BCUT2D eigenvalue weighted by Gasteiger charge is -2.20. The van der Waals surface area contributed by atoms with Crippen LogP contribution in [0.2, 0.25) is 0 Å². The van der Waals surface area contributed by atoms with Gasteiger partial charge in [-0.2, -0.15) is 0 Å². The lowest BCUT2D eigenvalue weighted by molar-refractivity contribution is -0.161. The molecule has 61 heavy (non-hydrogen) atoms. The fourth-order valence-corrected chi connectivity index (χ4v) is 7.40. The molecule has 0 spiro atoms. The maximum atomic E-state index is 12.7. The third-order valence-electron chi connectivity index (χ3n) is 10.2. The number of rotatable bonds is 43. The minimum absolute atomic E-state index is 0.119.